The summed E-state index contributed by atoms with van der Waals surface area (Å²) in [5.74, 6) is 0.213. The molecule has 7 heteroatoms. The number of methoxy groups -OCH3 is 2. The SMILES string of the molecule is CCOc1cc([C@@H]2C(C(=O)OC)=C(C)NC3=C2C(=O)CCC3)cc(Br)c1OC. The van der Waals surface area contributed by atoms with Crippen molar-refractivity contribution in [3.63, 3.8) is 0 Å². The minimum absolute atomic E-state index is 0.0533. The van der Waals surface area contributed by atoms with E-state index in [0.29, 0.717) is 45.8 Å². The molecule has 1 N–H and O–H groups in total. The molecule has 150 valence electrons. The third kappa shape index (κ3) is 3.55. The molecule has 28 heavy (non-hydrogen) atoms. The lowest BCUT2D eigenvalue weighted by Gasteiger charge is -2.34. The van der Waals surface area contributed by atoms with Crippen molar-refractivity contribution in [2.45, 2.75) is 39.0 Å². The van der Waals surface area contributed by atoms with Crippen LogP contribution in [0.1, 0.15) is 44.6 Å². The number of halogens is 1. The Labute approximate surface area is 173 Å². The summed E-state index contributed by atoms with van der Waals surface area (Å²) >= 11 is 3.53. The van der Waals surface area contributed by atoms with E-state index in [1.165, 1.54) is 7.11 Å². The van der Waals surface area contributed by atoms with Crippen molar-refractivity contribution >= 4 is 27.7 Å². The quantitative estimate of drug-likeness (QED) is 0.684. The van der Waals surface area contributed by atoms with Crippen LogP contribution in [-0.4, -0.2) is 32.6 Å². The number of ketones is 1. The maximum Gasteiger partial charge on any atom is 0.336 e. The highest BCUT2D eigenvalue weighted by Gasteiger charge is 2.39. The minimum atomic E-state index is -0.516. The van der Waals surface area contributed by atoms with Gasteiger partial charge in [0.25, 0.3) is 0 Å². The first kappa shape index (κ1) is 20.5. The normalized spacial score (nSPS) is 19.2. The Morgan fingerprint density at radius 2 is 2.04 bits per heavy atom. The van der Waals surface area contributed by atoms with E-state index in [-0.39, 0.29) is 5.78 Å². The highest BCUT2D eigenvalue weighted by atomic mass is 79.9. The Bertz CT molecular complexity index is 887. The van der Waals surface area contributed by atoms with E-state index in [0.717, 1.165) is 24.1 Å². The number of dihydropyridines is 1. The predicted octanol–water partition coefficient (Wildman–Crippen LogP) is 4.00. The van der Waals surface area contributed by atoms with Gasteiger partial charge >= 0.3 is 5.97 Å². The van der Waals surface area contributed by atoms with E-state index >= 15 is 0 Å². The molecule has 0 radical (unpaired) electrons. The average molecular weight is 450 g/mol. The van der Waals surface area contributed by atoms with Crippen LogP contribution >= 0.6 is 15.9 Å². The van der Waals surface area contributed by atoms with E-state index in [1.54, 1.807) is 7.11 Å². The summed E-state index contributed by atoms with van der Waals surface area (Å²) in [4.78, 5) is 25.5. The molecule has 1 heterocycles. The number of esters is 1. The van der Waals surface area contributed by atoms with Crippen molar-refractivity contribution in [1.29, 1.82) is 0 Å². The zero-order valence-corrected chi connectivity index (χ0v) is 18.1. The number of benzene rings is 1. The van der Waals surface area contributed by atoms with Gasteiger partial charge in [0.05, 0.1) is 30.9 Å². The Balaban J connectivity index is 2.24. The van der Waals surface area contributed by atoms with Gasteiger partial charge in [-0.25, -0.2) is 4.79 Å². The van der Waals surface area contributed by atoms with Gasteiger partial charge in [-0.15, -0.1) is 0 Å². The van der Waals surface area contributed by atoms with Crippen LogP contribution < -0.4 is 14.8 Å². The van der Waals surface area contributed by atoms with Crippen LogP contribution in [0.5, 0.6) is 11.5 Å². The summed E-state index contributed by atoms with van der Waals surface area (Å²) in [6.45, 7) is 4.19. The molecule has 0 fully saturated rings. The van der Waals surface area contributed by atoms with Crippen molar-refractivity contribution in [1.82, 2.24) is 5.32 Å². The van der Waals surface area contributed by atoms with Crippen LogP contribution in [-0.2, 0) is 14.3 Å². The van der Waals surface area contributed by atoms with Crippen LogP contribution in [0.4, 0.5) is 0 Å². The van der Waals surface area contributed by atoms with Crippen LogP contribution in [0, 0.1) is 0 Å². The molecule has 2 aliphatic rings. The molecule has 1 aromatic carbocycles. The summed E-state index contributed by atoms with van der Waals surface area (Å²) in [6, 6.07) is 3.71. The molecular formula is C21H24BrNO5. The first-order valence-corrected chi connectivity index (χ1v) is 10.0. The molecule has 6 nitrogen and oxygen atoms in total. The molecular weight excluding hydrogens is 426 g/mol. The summed E-state index contributed by atoms with van der Waals surface area (Å²) in [7, 11) is 2.92. The number of carbonyl (C=O) groups excluding carboxylic acids is 2. The molecule has 1 aliphatic carbocycles. The molecule has 0 amide bonds. The minimum Gasteiger partial charge on any atom is -0.492 e. The van der Waals surface area contributed by atoms with Crippen molar-refractivity contribution < 1.29 is 23.8 Å². The van der Waals surface area contributed by atoms with Gasteiger partial charge in [0.1, 0.15) is 0 Å². The molecule has 0 unspecified atom stereocenters. The number of hydrogen-bond acceptors (Lipinski definition) is 6. The molecule has 0 spiro atoms. The third-order valence-electron chi connectivity index (χ3n) is 5.05. The molecule has 0 saturated carbocycles. The lowest BCUT2D eigenvalue weighted by Crippen LogP contribution is -2.34. The fourth-order valence-electron chi connectivity index (χ4n) is 3.91. The molecule has 1 atom stereocenters. The standard InChI is InChI=1S/C21H24BrNO5/c1-5-28-16-10-12(9-13(22)20(16)26-3)18-17(21(25)27-4)11(2)23-14-7-6-8-15(24)19(14)18/h9-10,18,23H,5-8H2,1-4H3/t18-/m1/s1. The zero-order valence-electron chi connectivity index (χ0n) is 16.5. The second kappa shape index (κ2) is 8.39. The van der Waals surface area contributed by atoms with E-state index in [9.17, 15) is 9.59 Å². The van der Waals surface area contributed by atoms with Crippen LogP contribution in [0.15, 0.2) is 39.1 Å². The maximum absolute atomic E-state index is 12.9. The Morgan fingerprint density at radius 3 is 2.68 bits per heavy atom. The fraction of sp³-hybridized carbons (Fsp3) is 0.429. The van der Waals surface area contributed by atoms with Gasteiger partial charge < -0.3 is 19.5 Å². The third-order valence-corrected chi connectivity index (χ3v) is 5.64. The van der Waals surface area contributed by atoms with Crippen molar-refractivity contribution in [3.05, 3.63) is 44.7 Å². The number of Topliss-reactive ketones (excluding diaryl/α,β-unsaturated/α-hetero) is 1. The van der Waals surface area contributed by atoms with Crippen LogP contribution in [0.25, 0.3) is 0 Å². The van der Waals surface area contributed by atoms with Gasteiger partial charge in [-0.2, -0.15) is 0 Å². The van der Waals surface area contributed by atoms with Crippen molar-refractivity contribution in [2.75, 3.05) is 20.8 Å². The summed E-state index contributed by atoms with van der Waals surface area (Å²) < 4.78 is 16.9. The van der Waals surface area contributed by atoms with Crippen molar-refractivity contribution in [3.8, 4) is 11.5 Å². The highest BCUT2D eigenvalue weighted by molar-refractivity contribution is 9.10. The van der Waals surface area contributed by atoms with E-state index < -0.39 is 11.9 Å². The molecule has 1 aliphatic heterocycles. The van der Waals surface area contributed by atoms with Crippen molar-refractivity contribution in [2.24, 2.45) is 0 Å². The molecule has 3 rings (SSSR count). The Morgan fingerprint density at radius 1 is 1.29 bits per heavy atom. The van der Waals surface area contributed by atoms with Gasteiger partial charge in [-0.3, -0.25) is 4.79 Å². The Hall–Kier alpha value is -2.28. The second-order valence-electron chi connectivity index (χ2n) is 6.72. The van der Waals surface area contributed by atoms with Gasteiger partial charge in [0.15, 0.2) is 17.3 Å². The number of hydrogen-bond donors (Lipinski definition) is 1. The summed E-state index contributed by atoms with van der Waals surface area (Å²) in [5, 5.41) is 3.26. The largest absolute Gasteiger partial charge is 0.492 e. The molecule has 0 bridgehead atoms. The van der Waals surface area contributed by atoms with Gasteiger partial charge in [0, 0.05) is 29.3 Å². The second-order valence-corrected chi connectivity index (χ2v) is 7.58. The first-order chi connectivity index (χ1) is 13.4. The first-order valence-electron chi connectivity index (χ1n) is 9.25. The number of ether oxygens (including phenoxy) is 3. The maximum atomic E-state index is 12.9. The lowest BCUT2D eigenvalue weighted by atomic mass is 9.75. The van der Waals surface area contributed by atoms with Gasteiger partial charge in [-0.1, -0.05) is 0 Å². The lowest BCUT2D eigenvalue weighted by molar-refractivity contribution is -0.136. The van der Waals surface area contributed by atoms with Gasteiger partial charge in [-0.05, 0) is 60.3 Å². The van der Waals surface area contributed by atoms with Crippen LogP contribution in [0.2, 0.25) is 0 Å². The number of rotatable bonds is 5. The van der Waals surface area contributed by atoms with Gasteiger partial charge in [0.2, 0.25) is 0 Å². The Kier molecular flexibility index (Phi) is 6.13. The van der Waals surface area contributed by atoms with E-state index in [4.69, 9.17) is 14.2 Å². The highest BCUT2D eigenvalue weighted by Crippen LogP contribution is 2.46. The summed E-state index contributed by atoms with van der Waals surface area (Å²) in [6.07, 6.45) is 2.05. The predicted molar refractivity (Wildman–Crippen MR) is 108 cm³/mol. The average Bonchev–Trinajstić information content (AvgIpc) is 2.66. The van der Waals surface area contributed by atoms with E-state index in [1.807, 2.05) is 26.0 Å². The number of allylic oxidation sites excluding steroid dienone is 3. The van der Waals surface area contributed by atoms with E-state index in [2.05, 4.69) is 21.2 Å². The molecule has 0 aromatic heterocycles. The molecule has 0 saturated heterocycles. The molecule has 1 aromatic rings. The number of carbonyl (C=O) groups is 2. The van der Waals surface area contributed by atoms with Crippen LogP contribution in [0.3, 0.4) is 0 Å². The zero-order chi connectivity index (χ0) is 20.4. The smallest absolute Gasteiger partial charge is 0.336 e. The number of nitrogens with one attached hydrogen (secondary N) is 1. The monoisotopic (exact) mass is 449 g/mol. The topological polar surface area (TPSA) is 73.9 Å². The summed E-state index contributed by atoms with van der Waals surface area (Å²) in [5.41, 5.74) is 3.44. The fourth-order valence-corrected chi connectivity index (χ4v) is 4.53.